The van der Waals surface area contributed by atoms with Crippen LogP contribution >= 0.6 is 12.4 Å². The van der Waals surface area contributed by atoms with Crippen molar-refractivity contribution in [1.82, 2.24) is 4.90 Å². The van der Waals surface area contributed by atoms with Gasteiger partial charge in [0.25, 0.3) is 0 Å². The molecule has 4 atom stereocenters. The fourth-order valence-electron chi connectivity index (χ4n) is 6.69. The first kappa shape index (κ1) is 23.6. The molecule has 2 aliphatic heterocycles. The third-order valence-corrected chi connectivity index (χ3v) is 8.57. The van der Waals surface area contributed by atoms with E-state index in [-0.39, 0.29) is 23.8 Å². The van der Waals surface area contributed by atoms with Gasteiger partial charge in [0.2, 0.25) is 0 Å². The predicted octanol–water partition coefficient (Wildman–Crippen LogP) is 4.11. The molecule has 0 amide bonds. The van der Waals surface area contributed by atoms with Crippen molar-refractivity contribution in [1.29, 1.82) is 0 Å². The first-order chi connectivity index (χ1) is 14.8. The predicted molar refractivity (Wildman–Crippen MR) is 129 cm³/mol. The van der Waals surface area contributed by atoms with Crippen molar-refractivity contribution in [3.8, 4) is 0 Å². The monoisotopic (exact) mass is 460 g/mol. The van der Waals surface area contributed by atoms with E-state index in [1.54, 1.807) is 0 Å². The average Bonchev–Trinajstić information content (AvgIpc) is 2.99. The van der Waals surface area contributed by atoms with Gasteiger partial charge in [0.15, 0.2) is 6.10 Å². The van der Waals surface area contributed by atoms with Crippen LogP contribution in [0.15, 0.2) is 35.4 Å². The molecule has 1 saturated carbocycles. The summed E-state index contributed by atoms with van der Waals surface area (Å²) in [6, 6.07) is 8.52. The summed E-state index contributed by atoms with van der Waals surface area (Å²) in [5, 5.41) is 11.8. The van der Waals surface area contributed by atoms with Crippen molar-refractivity contribution in [2.45, 2.75) is 64.6 Å². The van der Waals surface area contributed by atoms with Crippen LogP contribution in [-0.2, 0) is 9.53 Å². The zero-order chi connectivity index (χ0) is 21.8. The van der Waals surface area contributed by atoms with Crippen molar-refractivity contribution in [3.05, 3.63) is 41.0 Å². The van der Waals surface area contributed by atoms with E-state index in [0.29, 0.717) is 13.0 Å². The molecule has 1 aromatic carbocycles. The number of halogens is 1. The molecule has 1 N–H and O–H groups in total. The highest BCUT2D eigenvalue weighted by atomic mass is 35.5. The molecule has 5 rings (SSSR count). The normalized spacial score (nSPS) is 35.1. The first-order valence-corrected chi connectivity index (χ1v) is 12.0. The van der Waals surface area contributed by atoms with Gasteiger partial charge in [0.1, 0.15) is 11.5 Å². The minimum Gasteiger partial charge on any atom is -0.454 e. The van der Waals surface area contributed by atoms with E-state index in [1.165, 1.54) is 28.8 Å². The third-order valence-electron chi connectivity index (χ3n) is 8.57. The topological polar surface area (TPSA) is 53.0 Å². The van der Waals surface area contributed by atoms with Gasteiger partial charge in [0.05, 0.1) is 0 Å². The summed E-state index contributed by atoms with van der Waals surface area (Å²) in [6.07, 6.45) is 4.54. The number of hydrogen-bond donors (Lipinski definition) is 1. The molecule has 2 unspecified atom stereocenters. The molecule has 0 spiro atoms. The lowest BCUT2D eigenvalue weighted by Crippen LogP contribution is -2.56. The number of esters is 1. The van der Waals surface area contributed by atoms with Gasteiger partial charge >= 0.3 is 5.97 Å². The lowest BCUT2D eigenvalue weighted by Gasteiger charge is -2.50. The zero-order valence-electron chi connectivity index (χ0n) is 19.6. The molecule has 2 aliphatic carbocycles. The number of aryl methyl sites for hydroxylation is 1. The number of benzene rings is 1. The SMILES string of the molecule is CC1=C2[C@@H]3OC(=O)C(CN4CCN(c5ccccc5C)CC4)C3(O)CC[C@@]2(C)CCC1.Cl. The fourth-order valence-corrected chi connectivity index (χ4v) is 6.69. The summed E-state index contributed by atoms with van der Waals surface area (Å²) in [6.45, 7) is 10.9. The quantitative estimate of drug-likeness (QED) is 0.543. The van der Waals surface area contributed by atoms with E-state index < -0.39 is 17.6 Å². The van der Waals surface area contributed by atoms with Gasteiger partial charge in [-0.2, -0.15) is 0 Å². The van der Waals surface area contributed by atoms with Crippen molar-refractivity contribution in [3.63, 3.8) is 0 Å². The maximum Gasteiger partial charge on any atom is 0.314 e. The lowest BCUT2D eigenvalue weighted by atomic mass is 9.58. The van der Waals surface area contributed by atoms with Crippen LogP contribution in [0.1, 0.15) is 51.5 Å². The summed E-state index contributed by atoms with van der Waals surface area (Å²) < 4.78 is 5.95. The van der Waals surface area contributed by atoms with Crippen LogP contribution in [-0.4, -0.2) is 60.4 Å². The Morgan fingerprint density at radius 1 is 1.09 bits per heavy atom. The maximum absolute atomic E-state index is 13.0. The number of allylic oxidation sites excluding steroid dienone is 1. The molecule has 0 aromatic heterocycles. The highest BCUT2D eigenvalue weighted by Gasteiger charge is 2.63. The Balaban J connectivity index is 0.00000245. The largest absolute Gasteiger partial charge is 0.454 e. The summed E-state index contributed by atoms with van der Waals surface area (Å²) >= 11 is 0. The highest BCUT2D eigenvalue weighted by molar-refractivity contribution is 5.85. The number of fused-ring (bicyclic) bond motifs is 3. The number of nitrogens with zero attached hydrogens (tertiary/aromatic N) is 2. The number of ether oxygens (including phenoxy) is 1. The Morgan fingerprint density at radius 2 is 1.81 bits per heavy atom. The van der Waals surface area contributed by atoms with Crippen LogP contribution in [0.25, 0.3) is 0 Å². The second-order valence-corrected chi connectivity index (χ2v) is 10.5. The van der Waals surface area contributed by atoms with Crippen LogP contribution in [0.2, 0.25) is 0 Å². The van der Waals surface area contributed by atoms with Crippen LogP contribution in [0.3, 0.4) is 0 Å². The van der Waals surface area contributed by atoms with Gasteiger partial charge in [-0.25, -0.2) is 0 Å². The molecule has 6 heteroatoms. The Bertz CT molecular complexity index is 910. The molecule has 176 valence electrons. The van der Waals surface area contributed by atoms with E-state index in [1.807, 2.05) is 0 Å². The number of carbonyl (C=O) groups excluding carboxylic acids is 1. The Morgan fingerprint density at radius 3 is 2.53 bits per heavy atom. The second kappa shape index (κ2) is 8.66. The number of hydrogen-bond acceptors (Lipinski definition) is 5. The first-order valence-electron chi connectivity index (χ1n) is 12.0. The number of anilines is 1. The summed E-state index contributed by atoms with van der Waals surface area (Å²) in [5.74, 6) is -0.654. The van der Waals surface area contributed by atoms with Crippen LogP contribution in [0, 0.1) is 18.3 Å². The molecule has 1 aromatic rings. The van der Waals surface area contributed by atoms with Crippen molar-refractivity contribution >= 4 is 24.1 Å². The van der Waals surface area contributed by atoms with Gasteiger partial charge in [-0.1, -0.05) is 30.7 Å². The molecule has 2 saturated heterocycles. The average molecular weight is 461 g/mol. The molecule has 0 radical (unpaired) electrons. The van der Waals surface area contributed by atoms with E-state index in [4.69, 9.17) is 4.74 Å². The van der Waals surface area contributed by atoms with E-state index >= 15 is 0 Å². The number of piperazine rings is 1. The highest BCUT2D eigenvalue weighted by Crippen LogP contribution is 2.57. The minimum atomic E-state index is -1.06. The van der Waals surface area contributed by atoms with Crippen LogP contribution in [0.4, 0.5) is 5.69 Å². The van der Waals surface area contributed by atoms with Gasteiger partial charge in [-0.3, -0.25) is 9.69 Å². The Labute approximate surface area is 198 Å². The number of rotatable bonds is 3. The molecule has 4 aliphatic rings. The molecule has 5 nitrogen and oxygen atoms in total. The number of carbonyl (C=O) groups is 1. The van der Waals surface area contributed by atoms with E-state index in [9.17, 15) is 9.90 Å². The molecule has 32 heavy (non-hydrogen) atoms. The lowest BCUT2D eigenvalue weighted by molar-refractivity contribution is -0.144. The van der Waals surface area contributed by atoms with Crippen molar-refractivity contribution in [2.24, 2.45) is 11.3 Å². The van der Waals surface area contributed by atoms with Gasteiger partial charge in [0, 0.05) is 38.4 Å². The third kappa shape index (κ3) is 3.76. The van der Waals surface area contributed by atoms with Gasteiger partial charge in [-0.15, -0.1) is 12.4 Å². The molecular weight excluding hydrogens is 424 g/mol. The fraction of sp³-hybridized carbons (Fsp3) is 0.654. The second-order valence-electron chi connectivity index (χ2n) is 10.5. The maximum atomic E-state index is 13.0. The van der Waals surface area contributed by atoms with Crippen LogP contribution in [0.5, 0.6) is 0 Å². The number of aliphatic hydroxyl groups is 1. The van der Waals surface area contributed by atoms with Crippen molar-refractivity contribution < 1.29 is 14.6 Å². The number of para-hydroxylation sites is 1. The van der Waals surface area contributed by atoms with Gasteiger partial charge < -0.3 is 14.7 Å². The zero-order valence-corrected chi connectivity index (χ0v) is 20.4. The summed E-state index contributed by atoms with van der Waals surface area (Å²) in [7, 11) is 0. The van der Waals surface area contributed by atoms with E-state index in [2.05, 4.69) is 54.8 Å². The van der Waals surface area contributed by atoms with Crippen molar-refractivity contribution in [2.75, 3.05) is 37.6 Å². The Hall–Kier alpha value is -1.56. The molecule has 2 heterocycles. The summed E-state index contributed by atoms with van der Waals surface area (Å²) in [5.41, 5.74) is 4.18. The molecule has 0 bridgehead atoms. The standard InChI is InChI=1S/C26H36N2O3.ClH/c1-18-7-4-5-9-21(18)28-15-13-27(14-16-28)17-20-24(29)31-23-22-19(2)8-6-10-25(22,3)11-12-26(20,23)30;/h4-5,7,9,20,23,30H,6,8,10-17H2,1-3H3;1H/t20?,23-,25+,26?;/m0./s1. The van der Waals surface area contributed by atoms with E-state index in [0.717, 1.165) is 45.4 Å². The minimum absolute atomic E-state index is 0. The smallest absolute Gasteiger partial charge is 0.314 e. The molecule has 3 fully saturated rings. The Kier molecular flexibility index (Phi) is 6.38. The molecular formula is C26H37ClN2O3. The summed E-state index contributed by atoms with van der Waals surface area (Å²) in [4.78, 5) is 17.8. The van der Waals surface area contributed by atoms with Gasteiger partial charge in [-0.05, 0) is 68.6 Å². The van der Waals surface area contributed by atoms with Crippen LogP contribution < -0.4 is 4.90 Å².